The molecule has 1 aromatic rings. The maximum Gasteiger partial charge on any atom is 0.321 e. The van der Waals surface area contributed by atoms with E-state index in [0.29, 0.717) is 12.2 Å². The number of nitrogens with zero attached hydrogens (tertiary/aromatic N) is 2. The Hall–Kier alpha value is -1.82. The van der Waals surface area contributed by atoms with Gasteiger partial charge < -0.3 is 19.9 Å². The first-order valence-electron chi connectivity index (χ1n) is 5.94. The number of ether oxygens (including phenoxy) is 1. The van der Waals surface area contributed by atoms with Gasteiger partial charge in [-0.1, -0.05) is 0 Å². The Morgan fingerprint density at radius 1 is 1.32 bits per heavy atom. The highest BCUT2D eigenvalue weighted by atomic mass is 19.1. The zero-order chi connectivity index (χ0) is 14.4. The standard InChI is InChI=1S/C13H20FN3O2/c1-16(2)7-8-17(3)13(18)15-10-5-6-11(14)12(9-10)19-4/h5-6,9H,7-8H2,1-4H3,(H,15,18). The summed E-state index contributed by atoms with van der Waals surface area (Å²) < 4.78 is 18.1. The van der Waals surface area contributed by atoms with Gasteiger partial charge in [-0.15, -0.1) is 0 Å². The maximum atomic E-state index is 13.2. The minimum absolute atomic E-state index is 0.105. The van der Waals surface area contributed by atoms with Gasteiger partial charge in [0, 0.05) is 31.9 Å². The van der Waals surface area contributed by atoms with Crippen molar-refractivity contribution in [3.63, 3.8) is 0 Å². The highest BCUT2D eigenvalue weighted by molar-refractivity contribution is 5.89. The second kappa shape index (κ2) is 6.94. The number of hydrogen-bond acceptors (Lipinski definition) is 3. The molecule has 0 aliphatic carbocycles. The molecule has 0 radical (unpaired) electrons. The van der Waals surface area contributed by atoms with Gasteiger partial charge in [0.2, 0.25) is 0 Å². The van der Waals surface area contributed by atoms with Gasteiger partial charge >= 0.3 is 6.03 Å². The molecule has 0 aliphatic heterocycles. The second-order valence-corrected chi connectivity index (χ2v) is 4.50. The van der Waals surface area contributed by atoms with Gasteiger partial charge in [-0.25, -0.2) is 9.18 Å². The molecule has 2 amide bonds. The van der Waals surface area contributed by atoms with E-state index in [1.807, 2.05) is 19.0 Å². The van der Waals surface area contributed by atoms with Crippen LogP contribution < -0.4 is 10.1 Å². The lowest BCUT2D eigenvalue weighted by molar-refractivity contribution is 0.217. The summed E-state index contributed by atoms with van der Waals surface area (Å²) in [5.74, 6) is -0.352. The van der Waals surface area contributed by atoms with Gasteiger partial charge in [-0.3, -0.25) is 0 Å². The van der Waals surface area contributed by atoms with E-state index >= 15 is 0 Å². The minimum Gasteiger partial charge on any atom is -0.494 e. The number of benzene rings is 1. The highest BCUT2D eigenvalue weighted by Gasteiger charge is 2.10. The van der Waals surface area contributed by atoms with Crippen molar-refractivity contribution >= 4 is 11.7 Å². The van der Waals surface area contributed by atoms with E-state index in [9.17, 15) is 9.18 Å². The molecule has 0 unspecified atom stereocenters. The summed E-state index contributed by atoms with van der Waals surface area (Å²) in [4.78, 5) is 15.4. The van der Waals surface area contributed by atoms with Crippen molar-refractivity contribution in [2.45, 2.75) is 0 Å². The molecule has 5 nitrogen and oxygen atoms in total. The lowest BCUT2D eigenvalue weighted by atomic mass is 10.3. The van der Waals surface area contributed by atoms with Gasteiger partial charge in [0.25, 0.3) is 0 Å². The molecule has 0 fully saturated rings. The maximum absolute atomic E-state index is 13.2. The van der Waals surface area contributed by atoms with Crippen LogP contribution in [0, 0.1) is 5.82 Å². The number of carbonyl (C=O) groups excluding carboxylic acids is 1. The molecule has 0 saturated carbocycles. The lowest BCUT2D eigenvalue weighted by Gasteiger charge is -2.20. The zero-order valence-electron chi connectivity index (χ0n) is 11.7. The number of anilines is 1. The number of nitrogens with one attached hydrogen (secondary N) is 1. The van der Waals surface area contributed by atoms with Crippen molar-refractivity contribution in [2.24, 2.45) is 0 Å². The van der Waals surface area contributed by atoms with Crippen LogP contribution in [0.25, 0.3) is 0 Å². The van der Waals surface area contributed by atoms with E-state index in [1.54, 1.807) is 11.9 Å². The van der Waals surface area contributed by atoms with Crippen LogP contribution >= 0.6 is 0 Å². The monoisotopic (exact) mass is 269 g/mol. The molecule has 0 saturated heterocycles. The van der Waals surface area contributed by atoms with Gasteiger partial charge in [0.05, 0.1) is 7.11 Å². The molecule has 1 aromatic carbocycles. The predicted molar refractivity (Wildman–Crippen MR) is 73.2 cm³/mol. The van der Waals surface area contributed by atoms with Crippen molar-refractivity contribution in [3.8, 4) is 5.75 Å². The third kappa shape index (κ3) is 4.75. The normalized spacial score (nSPS) is 10.4. The number of amides is 2. The van der Waals surface area contributed by atoms with E-state index in [0.717, 1.165) is 6.54 Å². The summed E-state index contributed by atoms with van der Waals surface area (Å²) in [6.07, 6.45) is 0. The van der Waals surface area contributed by atoms with E-state index in [2.05, 4.69) is 5.32 Å². The van der Waals surface area contributed by atoms with Crippen LogP contribution in [-0.2, 0) is 0 Å². The largest absolute Gasteiger partial charge is 0.494 e. The summed E-state index contributed by atoms with van der Waals surface area (Å²) >= 11 is 0. The van der Waals surface area contributed by atoms with Crippen molar-refractivity contribution in [3.05, 3.63) is 24.0 Å². The van der Waals surface area contributed by atoms with Crippen LogP contribution in [0.1, 0.15) is 0 Å². The molecular weight excluding hydrogens is 249 g/mol. The average Bonchev–Trinajstić information content (AvgIpc) is 2.37. The summed E-state index contributed by atoms with van der Waals surface area (Å²) in [5.41, 5.74) is 0.500. The Balaban J connectivity index is 2.61. The minimum atomic E-state index is -0.457. The van der Waals surface area contributed by atoms with E-state index in [4.69, 9.17) is 4.74 Å². The Morgan fingerprint density at radius 3 is 2.58 bits per heavy atom. The molecule has 19 heavy (non-hydrogen) atoms. The first-order chi connectivity index (χ1) is 8.93. The fourth-order valence-electron chi connectivity index (χ4n) is 1.41. The topological polar surface area (TPSA) is 44.8 Å². The first kappa shape index (κ1) is 15.2. The Bertz CT molecular complexity index is 438. The van der Waals surface area contributed by atoms with E-state index < -0.39 is 5.82 Å². The SMILES string of the molecule is COc1cc(NC(=O)N(C)CCN(C)C)ccc1F. The number of methoxy groups -OCH3 is 1. The van der Waals surface area contributed by atoms with Crippen LogP contribution in [0.4, 0.5) is 14.9 Å². The molecule has 0 atom stereocenters. The third-order valence-corrected chi connectivity index (χ3v) is 2.63. The van der Waals surface area contributed by atoms with Crippen molar-refractivity contribution in [1.29, 1.82) is 0 Å². The van der Waals surface area contributed by atoms with Gasteiger partial charge in [-0.05, 0) is 26.2 Å². The number of halogens is 1. The van der Waals surface area contributed by atoms with Crippen LogP contribution in [0.5, 0.6) is 5.75 Å². The highest BCUT2D eigenvalue weighted by Crippen LogP contribution is 2.21. The molecule has 0 heterocycles. The Kier molecular flexibility index (Phi) is 5.57. The Labute approximate surface area is 112 Å². The summed E-state index contributed by atoms with van der Waals surface area (Å²) in [7, 11) is 6.97. The zero-order valence-corrected chi connectivity index (χ0v) is 11.7. The summed E-state index contributed by atoms with van der Waals surface area (Å²) in [6, 6.07) is 3.96. The molecule has 1 N–H and O–H groups in total. The van der Waals surface area contributed by atoms with Crippen LogP contribution in [0.2, 0.25) is 0 Å². The number of rotatable bonds is 5. The molecule has 106 valence electrons. The van der Waals surface area contributed by atoms with Gasteiger partial charge in [0.15, 0.2) is 11.6 Å². The number of likely N-dealkylation sites (N-methyl/N-ethyl adjacent to an activating group) is 2. The smallest absolute Gasteiger partial charge is 0.321 e. The van der Waals surface area contributed by atoms with E-state index in [1.165, 1.54) is 25.3 Å². The Morgan fingerprint density at radius 2 is 2.00 bits per heavy atom. The van der Waals surface area contributed by atoms with Crippen LogP contribution in [-0.4, -0.2) is 57.2 Å². The van der Waals surface area contributed by atoms with Crippen molar-refractivity contribution < 1.29 is 13.9 Å². The predicted octanol–water partition coefficient (Wildman–Crippen LogP) is 1.86. The molecule has 0 aromatic heterocycles. The van der Waals surface area contributed by atoms with Gasteiger partial charge in [-0.2, -0.15) is 0 Å². The van der Waals surface area contributed by atoms with Crippen molar-refractivity contribution in [1.82, 2.24) is 9.80 Å². The van der Waals surface area contributed by atoms with Crippen molar-refractivity contribution in [2.75, 3.05) is 46.7 Å². The van der Waals surface area contributed by atoms with E-state index in [-0.39, 0.29) is 11.8 Å². The van der Waals surface area contributed by atoms with Crippen LogP contribution in [0.3, 0.4) is 0 Å². The van der Waals surface area contributed by atoms with Gasteiger partial charge in [0.1, 0.15) is 0 Å². The molecule has 0 bridgehead atoms. The first-order valence-corrected chi connectivity index (χ1v) is 5.94. The fourth-order valence-corrected chi connectivity index (χ4v) is 1.41. The molecule has 6 heteroatoms. The molecule has 1 rings (SSSR count). The molecule has 0 spiro atoms. The number of urea groups is 1. The number of carbonyl (C=O) groups is 1. The summed E-state index contributed by atoms with van der Waals surface area (Å²) in [5, 5.41) is 2.69. The second-order valence-electron chi connectivity index (χ2n) is 4.50. The lowest BCUT2D eigenvalue weighted by Crippen LogP contribution is -2.36. The average molecular weight is 269 g/mol. The molecule has 0 aliphatic rings. The van der Waals surface area contributed by atoms with Crippen LogP contribution in [0.15, 0.2) is 18.2 Å². The summed E-state index contributed by atoms with van der Waals surface area (Å²) in [6.45, 7) is 1.38. The fraction of sp³-hybridized carbons (Fsp3) is 0.462. The number of hydrogen-bond donors (Lipinski definition) is 1. The quantitative estimate of drug-likeness (QED) is 0.887. The molecular formula is C13H20FN3O2. The third-order valence-electron chi connectivity index (χ3n) is 2.63.